The number of anilines is 1. The minimum absolute atomic E-state index is 0.0248. The lowest BCUT2D eigenvalue weighted by atomic mass is 9.86. The van der Waals surface area contributed by atoms with E-state index in [1.807, 2.05) is 0 Å². The van der Waals surface area contributed by atoms with Gasteiger partial charge < -0.3 is 9.80 Å². The van der Waals surface area contributed by atoms with Crippen LogP contribution in [0.1, 0.15) is 28.8 Å². The predicted molar refractivity (Wildman–Crippen MR) is 97.8 cm³/mol. The van der Waals surface area contributed by atoms with E-state index in [9.17, 15) is 27.2 Å². The van der Waals surface area contributed by atoms with Crippen molar-refractivity contribution in [3.8, 4) is 0 Å². The molecule has 2 aromatic rings. The topological polar surface area (TPSA) is 40.6 Å². The highest BCUT2D eigenvalue weighted by Crippen LogP contribution is 2.42. The molecule has 0 bridgehead atoms. The Morgan fingerprint density at radius 2 is 1.79 bits per heavy atom. The molecule has 1 atom stereocenters. The number of carbonyl (C=O) groups is 2. The summed E-state index contributed by atoms with van der Waals surface area (Å²) in [6, 6.07) is 10.1. The molecule has 1 spiro atoms. The van der Waals surface area contributed by atoms with Crippen LogP contribution in [-0.4, -0.2) is 36.3 Å². The number of carbonyl (C=O) groups excluding carboxylic acids is 2. The van der Waals surface area contributed by atoms with E-state index in [0.29, 0.717) is 25.2 Å². The number of hydrogen-bond donors (Lipinski definition) is 0. The van der Waals surface area contributed by atoms with Crippen LogP contribution in [0.25, 0.3) is 0 Å². The van der Waals surface area contributed by atoms with E-state index in [1.54, 1.807) is 6.07 Å². The molecule has 2 saturated heterocycles. The maximum Gasteiger partial charge on any atom is 0.416 e. The molecule has 4 nitrogen and oxygen atoms in total. The fraction of sp³-hybridized carbons (Fsp3) is 0.333. The van der Waals surface area contributed by atoms with Crippen molar-refractivity contribution < 1.29 is 27.2 Å². The molecule has 2 heterocycles. The summed E-state index contributed by atoms with van der Waals surface area (Å²) in [6.45, 7) is 0.987. The summed E-state index contributed by atoms with van der Waals surface area (Å²) in [5.74, 6) is -1.07. The third-order valence-corrected chi connectivity index (χ3v) is 5.60. The van der Waals surface area contributed by atoms with Crippen molar-refractivity contribution in [1.82, 2.24) is 4.90 Å². The van der Waals surface area contributed by atoms with Crippen LogP contribution in [0.15, 0.2) is 48.5 Å². The van der Waals surface area contributed by atoms with E-state index < -0.39 is 28.9 Å². The van der Waals surface area contributed by atoms with E-state index in [0.717, 1.165) is 12.1 Å². The Morgan fingerprint density at radius 1 is 1.03 bits per heavy atom. The molecule has 2 aliphatic heterocycles. The Labute approximate surface area is 164 Å². The zero-order valence-electron chi connectivity index (χ0n) is 15.4. The maximum absolute atomic E-state index is 13.5. The van der Waals surface area contributed by atoms with Gasteiger partial charge in [-0.25, -0.2) is 4.39 Å². The molecule has 2 amide bonds. The van der Waals surface area contributed by atoms with Gasteiger partial charge in [-0.1, -0.05) is 12.1 Å². The molecule has 2 aliphatic rings. The van der Waals surface area contributed by atoms with Crippen molar-refractivity contribution in [2.24, 2.45) is 5.41 Å². The fourth-order valence-electron chi connectivity index (χ4n) is 4.17. The molecule has 2 fully saturated rings. The van der Waals surface area contributed by atoms with Gasteiger partial charge in [0.2, 0.25) is 5.91 Å². The van der Waals surface area contributed by atoms with Crippen molar-refractivity contribution in [2.45, 2.75) is 19.0 Å². The first-order chi connectivity index (χ1) is 13.7. The molecule has 152 valence electrons. The first-order valence-electron chi connectivity index (χ1n) is 9.19. The normalized spacial score (nSPS) is 22.0. The molecule has 2 aromatic carbocycles. The lowest BCUT2D eigenvalue weighted by Crippen LogP contribution is -2.34. The number of rotatable bonds is 2. The van der Waals surface area contributed by atoms with Gasteiger partial charge >= 0.3 is 6.18 Å². The van der Waals surface area contributed by atoms with Gasteiger partial charge in [0.25, 0.3) is 5.91 Å². The minimum atomic E-state index is -4.52. The summed E-state index contributed by atoms with van der Waals surface area (Å²) >= 11 is 0. The largest absolute Gasteiger partial charge is 0.416 e. The van der Waals surface area contributed by atoms with Crippen molar-refractivity contribution in [3.63, 3.8) is 0 Å². The van der Waals surface area contributed by atoms with E-state index in [4.69, 9.17) is 0 Å². The summed E-state index contributed by atoms with van der Waals surface area (Å²) < 4.78 is 52.3. The summed E-state index contributed by atoms with van der Waals surface area (Å²) in [6.07, 6.45) is -3.74. The molecule has 0 aromatic heterocycles. The monoisotopic (exact) mass is 406 g/mol. The molecule has 29 heavy (non-hydrogen) atoms. The van der Waals surface area contributed by atoms with Crippen molar-refractivity contribution in [1.29, 1.82) is 0 Å². The van der Waals surface area contributed by atoms with Gasteiger partial charge in [-0.3, -0.25) is 9.59 Å². The quantitative estimate of drug-likeness (QED) is 0.705. The Hall–Kier alpha value is -2.90. The summed E-state index contributed by atoms with van der Waals surface area (Å²) in [5, 5.41) is 0. The lowest BCUT2D eigenvalue weighted by molar-refractivity contribution is -0.137. The van der Waals surface area contributed by atoms with E-state index >= 15 is 0 Å². The van der Waals surface area contributed by atoms with Crippen LogP contribution in [0, 0.1) is 11.2 Å². The van der Waals surface area contributed by atoms with E-state index in [1.165, 1.54) is 40.1 Å². The molecule has 0 N–H and O–H groups in total. The van der Waals surface area contributed by atoms with E-state index in [-0.39, 0.29) is 24.4 Å². The first-order valence-corrected chi connectivity index (χ1v) is 9.19. The Bertz CT molecular complexity index is 975. The molecule has 4 rings (SSSR count). The molecule has 0 aliphatic carbocycles. The van der Waals surface area contributed by atoms with Crippen molar-refractivity contribution in [3.05, 3.63) is 65.5 Å². The zero-order chi connectivity index (χ0) is 20.8. The molecule has 0 saturated carbocycles. The third-order valence-electron chi connectivity index (χ3n) is 5.60. The van der Waals surface area contributed by atoms with Crippen molar-refractivity contribution >= 4 is 17.5 Å². The van der Waals surface area contributed by atoms with Gasteiger partial charge in [0.15, 0.2) is 0 Å². The van der Waals surface area contributed by atoms with Crippen LogP contribution in [0.4, 0.5) is 23.2 Å². The Balaban J connectivity index is 1.51. The summed E-state index contributed by atoms with van der Waals surface area (Å²) in [7, 11) is 0. The highest BCUT2D eigenvalue weighted by molar-refractivity contribution is 5.97. The van der Waals surface area contributed by atoms with Gasteiger partial charge in [-0.05, 0) is 42.8 Å². The lowest BCUT2D eigenvalue weighted by Gasteiger charge is -2.24. The van der Waals surface area contributed by atoms with Crippen molar-refractivity contribution in [2.75, 3.05) is 24.5 Å². The van der Waals surface area contributed by atoms with Gasteiger partial charge in [0, 0.05) is 42.7 Å². The van der Waals surface area contributed by atoms with Crippen LogP contribution < -0.4 is 4.90 Å². The smallest absolute Gasteiger partial charge is 0.338 e. The Morgan fingerprint density at radius 3 is 2.52 bits per heavy atom. The number of nitrogens with zero attached hydrogens (tertiary/aromatic N) is 2. The van der Waals surface area contributed by atoms with Crippen LogP contribution in [-0.2, 0) is 11.0 Å². The number of alkyl halides is 3. The highest BCUT2D eigenvalue weighted by atomic mass is 19.4. The standard InChI is InChI=1S/C21H18F4N2O2/c22-16-5-2-6-17(10-16)27-13-20(11-18(27)28)7-8-26(12-20)19(29)14-3-1-4-15(9-14)21(23,24)25/h1-6,9-10H,7-8,11-13H2. The van der Waals surface area contributed by atoms with Gasteiger partial charge in [-0.2, -0.15) is 13.2 Å². The Kier molecular flexibility index (Phi) is 4.59. The van der Waals surface area contributed by atoms with Gasteiger partial charge in [0.05, 0.1) is 5.56 Å². The average molecular weight is 406 g/mol. The molecular formula is C21H18F4N2O2. The van der Waals surface area contributed by atoms with Crippen LogP contribution in [0.5, 0.6) is 0 Å². The number of hydrogen-bond acceptors (Lipinski definition) is 2. The third kappa shape index (κ3) is 3.71. The second-order valence-corrected chi connectivity index (χ2v) is 7.69. The van der Waals surface area contributed by atoms with Crippen LogP contribution in [0.2, 0.25) is 0 Å². The molecular weight excluding hydrogens is 388 g/mol. The number of halogens is 4. The fourth-order valence-corrected chi connectivity index (χ4v) is 4.17. The minimum Gasteiger partial charge on any atom is -0.338 e. The molecule has 1 unspecified atom stereocenters. The van der Waals surface area contributed by atoms with Crippen LogP contribution in [0.3, 0.4) is 0 Å². The second-order valence-electron chi connectivity index (χ2n) is 7.69. The number of benzene rings is 2. The highest BCUT2D eigenvalue weighted by Gasteiger charge is 2.49. The van der Waals surface area contributed by atoms with Gasteiger partial charge in [0.1, 0.15) is 5.82 Å². The second kappa shape index (κ2) is 6.86. The summed E-state index contributed by atoms with van der Waals surface area (Å²) in [5.41, 5.74) is -0.899. The molecule has 0 radical (unpaired) electrons. The maximum atomic E-state index is 13.5. The van der Waals surface area contributed by atoms with E-state index in [2.05, 4.69) is 0 Å². The number of amides is 2. The van der Waals surface area contributed by atoms with Crippen LogP contribution >= 0.6 is 0 Å². The zero-order valence-corrected chi connectivity index (χ0v) is 15.4. The summed E-state index contributed by atoms with van der Waals surface area (Å²) in [4.78, 5) is 28.3. The van der Waals surface area contributed by atoms with Gasteiger partial charge in [-0.15, -0.1) is 0 Å². The average Bonchev–Trinajstić information content (AvgIpc) is 3.23. The molecule has 8 heteroatoms. The number of likely N-dealkylation sites (tertiary alicyclic amines) is 1. The first kappa shape index (κ1) is 19.4. The predicted octanol–water partition coefficient (Wildman–Crippen LogP) is 4.11. The SMILES string of the molecule is O=C(c1cccc(C(F)(F)F)c1)N1CCC2(CC(=O)N(c3cccc(F)c3)C2)C1.